The first-order valence-corrected chi connectivity index (χ1v) is 22.4. The van der Waals surface area contributed by atoms with Crippen LogP contribution in [0.5, 0.6) is 5.75 Å². The van der Waals surface area contributed by atoms with Crippen LogP contribution in [0.3, 0.4) is 0 Å². The van der Waals surface area contributed by atoms with E-state index in [1.807, 2.05) is 31.2 Å². The summed E-state index contributed by atoms with van der Waals surface area (Å²) in [5.41, 5.74) is 3.18. The predicted molar refractivity (Wildman–Crippen MR) is 212 cm³/mol. The molecule has 4 aliphatic heterocycles. The minimum absolute atomic E-state index is 0.121. The van der Waals surface area contributed by atoms with E-state index in [0.717, 1.165) is 107 Å². The average molecular weight is 769 g/mol. The second-order valence-corrected chi connectivity index (χ2v) is 19.2. The van der Waals surface area contributed by atoms with Crippen molar-refractivity contribution in [3.8, 4) is 5.75 Å². The van der Waals surface area contributed by atoms with Gasteiger partial charge in [-0.1, -0.05) is 37.4 Å². The molecular formula is C42H61ClN4O5S. The van der Waals surface area contributed by atoms with Gasteiger partial charge in [-0.2, -0.15) is 0 Å². The number of sulfonamides is 1. The van der Waals surface area contributed by atoms with Crippen molar-refractivity contribution in [1.82, 2.24) is 14.5 Å². The SMILES string of the molecule is CCO[C@]1(CN2CCN3CCCC[C@@H]3C2)CCC[C@H](C)[C@@H](C)S(=O)(=O)NC(=O)c2ccc3c(c2)N(CCCCc2cc(Cl)ccc2CO3)C[C@@H]2CC[C@H]21. The molecule has 1 N–H and O–H groups in total. The van der Waals surface area contributed by atoms with Crippen LogP contribution < -0.4 is 14.4 Å². The van der Waals surface area contributed by atoms with Gasteiger partial charge in [0.15, 0.2) is 0 Å². The maximum absolute atomic E-state index is 13.7. The molecule has 4 heterocycles. The molecule has 0 radical (unpaired) electrons. The van der Waals surface area contributed by atoms with E-state index in [1.54, 1.807) is 13.0 Å². The summed E-state index contributed by atoms with van der Waals surface area (Å²) in [6, 6.07) is 12.0. The maximum atomic E-state index is 13.7. The summed E-state index contributed by atoms with van der Waals surface area (Å²) in [6.07, 6.45) is 11.6. The molecule has 6 atom stereocenters. The second-order valence-electron chi connectivity index (χ2n) is 16.7. The standard InChI is InChI=1S/C42H61ClN4O5S/c1-4-52-42(29-45-22-23-46-20-8-6-12-37(46)27-45)19-9-10-30(2)31(3)53(49,50)44-41(48)33-15-18-40-39(25-33)47(26-34-14-17-38(34)42)21-7-5-11-32-24-36(43)16-13-35(32)28-51-40/h13,15-16,18,24-25,30-31,34,37-38H,4-12,14,17,19-23,26-29H2,1-3H3,(H,44,48)/t30-,31+,34-,37+,38+,42-/m0/s1. The molecular weight excluding hydrogens is 708 g/mol. The molecule has 5 aliphatic rings. The monoisotopic (exact) mass is 768 g/mol. The van der Waals surface area contributed by atoms with Gasteiger partial charge in [0.05, 0.1) is 16.5 Å². The van der Waals surface area contributed by atoms with E-state index >= 15 is 0 Å². The number of hydrogen-bond acceptors (Lipinski definition) is 8. The lowest BCUT2D eigenvalue weighted by Gasteiger charge is -2.54. The molecule has 2 saturated heterocycles. The number of carbonyl (C=O) groups excluding carboxylic acids is 1. The fourth-order valence-corrected chi connectivity index (χ4v) is 11.5. The Kier molecular flexibility index (Phi) is 12.3. The molecule has 11 heteroatoms. The molecule has 7 rings (SSSR count). The van der Waals surface area contributed by atoms with Crippen molar-refractivity contribution in [2.24, 2.45) is 17.8 Å². The first-order valence-electron chi connectivity index (χ1n) is 20.5. The summed E-state index contributed by atoms with van der Waals surface area (Å²) in [6.45, 7) is 14.0. The van der Waals surface area contributed by atoms with Crippen LogP contribution in [0.15, 0.2) is 36.4 Å². The third kappa shape index (κ3) is 8.72. The minimum atomic E-state index is -3.92. The molecule has 9 nitrogen and oxygen atoms in total. The van der Waals surface area contributed by atoms with Crippen molar-refractivity contribution < 1.29 is 22.7 Å². The predicted octanol–water partition coefficient (Wildman–Crippen LogP) is 7.30. The number of halogens is 1. The van der Waals surface area contributed by atoms with Gasteiger partial charge in [0, 0.05) is 62.5 Å². The Morgan fingerprint density at radius 1 is 0.925 bits per heavy atom. The highest BCUT2D eigenvalue weighted by molar-refractivity contribution is 7.90. The van der Waals surface area contributed by atoms with Gasteiger partial charge in [-0.15, -0.1) is 0 Å². The first kappa shape index (κ1) is 38.9. The van der Waals surface area contributed by atoms with E-state index in [4.69, 9.17) is 21.1 Å². The van der Waals surface area contributed by atoms with Crippen LogP contribution in [0.4, 0.5) is 5.69 Å². The Hall–Kier alpha value is -2.37. The van der Waals surface area contributed by atoms with Gasteiger partial charge >= 0.3 is 0 Å². The number of piperazine rings is 1. The number of fused-ring (bicyclic) bond motifs is 4. The quantitative estimate of drug-likeness (QED) is 0.347. The van der Waals surface area contributed by atoms with Crippen molar-refractivity contribution in [3.05, 3.63) is 58.1 Å². The van der Waals surface area contributed by atoms with Gasteiger partial charge in [-0.3, -0.25) is 14.6 Å². The van der Waals surface area contributed by atoms with Crippen molar-refractivity contribution >= 4 is 33.2 Å². The second kappa shape index (κ2) is 16.8. The normalized spacial score (nSPS) is 31.7. The van der Waals surface area contributed by atoms with Crippen LogP contribution in [0, 0.1) is 17.8 Å². The lowest BCUT2D eigenvalue weighted by molar-refractivity contribution is -0.151. The van der Waals surface area contributed by atoms with E-state index in [2.05, 4.69) is 32.4 Å². The minimum Gasteiger partial charge on any atom is -0.487 e. The van der Waals surface area contributed by atoms with E-state index in [-0.39, 0.29) is 11.5 Å². The maximum Gasteiger partial charge on any atom is 0.264 e. The zero-order valence-electron chi connectivity index (χ0n) is 32.2. The fraction of sp³-hybridized carbons (Fsp3) is 0.690. The van der Waals surface area contributed by atoms with Crippen LogP contribution in [0.1, 0.15) is 106 Å². The molecule has 2 aromatic rings. The fourth-order valence-electron chi connectivity index (χ4n) is 10.0. The number of piperidine rings is 1. The summed E-state index contributed by atoms with van der Waals surface area (Å²) in [7, 11) is -3.92. The van der Waals surface area contributed by atoms with E-state index in [0.29, 0.717) is 42.4 Å². The molecule has 0 aromatic heterocycles. The van der Waals surface area contributed by atoms with Crippen molar-refractivity contribution in [2.45, 2.75) is 115 Å². The Morgan fingerprint density at radius 2 is 1.77 bits per heavy atom. The summed E-state index contributed by atoms with van der Waals surface area (Å²) in [4.78, 5) is 21.5. The highest BCUT2D eigenvalue weighted by Gasteiger charge is 2.50. The Morgan fingerprint density at radius 3 is 2.58 bits per heavy atom. The van der Waals surface area contributed by atoms with Gasteiger partial charge in [0.25, 0.3) is 5.91 Å². The van der Waals surface area contributed by atoms with Crippen LogP contribution in [-0.2, 0) is 27.8 Å². The van der Waals surface area contributed by atoms with Gasteiger partial charge in [-0.25, -0.2) is 13.1 Å². The average Bonchev–Trinajstić information content (AvgIpc) is 3.15. The molecule has 1 saturated carbocycles. The number of rotatable bonds is 4. The van der Waals surface area contributed by atoms with Crippen LogP contribution in [-0.4, -0.2) is 93.4 Å². The molecule has 2 aromatic carbocycles. The smallest absolute Gasteiger partial charge is 0.264 e. The van der Waals surface area contributed by atoms with Crippen LogP contribution in [0.25, 0.3) is 0 Å². The number of nitrogens with zero attached hydrogens (tertiary/aromatic N) is 3. The molecule has 0 unspecified atom stereocenters. The van der Waals surface area contributed by atoms with E-state index in [9.17, 15) is 13.2 Å². The molecule has 1 amide bonds. The number of anilines is 1. The lowest BCUT2D eigenvalue weighted by atomic mass is 9.62. The molecule has 53 heavy (non-hydrogen) atoms. The molecule has 292 valence electrons. The summed E-state index contributed by atoms with van der Waals surface area (Å²) >= 11 is 6.43. The summed E-state index contributed by atoms with van der Waals surface area (Å²) < 4.78 is 43.5. The Labute approximate surface area is 323 Å². The van der Waals surface area contributed by atoms with E-state index < -0.39 is 21.2 Å². The number of ether oxygens (including phenoxy) is 2. The van der Waals surface area contributed by atoms with Crippen molar-refractivity contribution in [3.63, 3.8) is 0 Å². The van der Waals surface area contributed by atoms with Gasteiger partial charge in [0.2, 0.25) is 10.0 Å². The van der Waals surface area contributed by atoms with Gasteiger partial charge in [0.1, 0.15) is 12.4 Å². The molecule has 3 fully saturated rings. The van der Waals surface area contributed by atoms with E-state index in [1.165, 1.54) is 31.4 Å². The number of hydrogen-bond donors (Lipinski definition) is 1. The third-order valence-electron chi connectivity index (χ3n) is 13.4. The largest absolute Gasteiger partial charge is 0.487 e. The third-order valence-corrected chi connectivity index (χ3v) is 15.6. The number of carbonyl (C=O) groups is 1. The van der Waals surface area contributed by atoms with Gasteiger partial charge < -0.3 is 14.4 Å². The van der Waals surface area contributed by atoms with Crippen LogP contribution in [0.2, 0.25) is 5.02 Å². The molecule has 0 spiro atoms. The lowest BCUT2D eigenvalue weighted by Crippen LogP contribution is -2.62. The van der Waals surface area contributed by atoms with Gasteiger partial charge in [-0.05, 0) is 137 Å². The summed E-state index contributed by atoms with van der Waals surface area (Å²) in [5.74, 6) is 0.797. The highest BCUT2D eigenvalue weighted by atomic mass is 35.5. The van der Waals surface area contributed by atoms with Crippen LogP contribution >= 0.6 is 11.6 Å². The molecule has 1 aliphatic carbocycles. The number of benzene rings is 2. The molecule has 2 bridgehead atoms. The van der Waals surface area contributed by atoms with Crippen molar-refractivity contribution in [1.29, 1.82) is 0 Å². The highest BCUT2D eigenvalue weighted by Crippen LogP contribution is 2.48. The Balaban J connectivity index is 1.25. The Bertz CT molecular complexity index is 1710. The summed E-state index contributed by atoms with van der Waals surface area (Å²) in [5, 5.41) is 0.0128. The topological polar surface area (TPSA) is 91.4 Å². The number of aryl methyl sites for hydroxylation is 1. The zero-order valence-corrected chi connectivity index (χ0v) is 33.7. The number of amides is 1. The zero-order chi connectivity index (χ0) is 37.2. The van der Waals surface area contributed by atoms with Crippen molar-refractivity contribution in [2.75, 3.05) is 57.3 Å². The number of nitrogens with one attached hydrogen (secondary N) is 1. The first-order chi connectivity index (χ1) is 25.5.